The number of amides is 1. The van der Waals surface area contributed by atoms with Gasteiger partial charge in [-0.2, -0.15) is 0 Å². The molecule has 0 aliphatic heterocycles. The molecule has 0 bridgehead atoms. The molecule has 1 aromatic heterocycles. The van der Waals surface area contributed by atoms with E-state index < -0.39 is 6.10 Å². The van der Waals surface area contributed by atoms with Crippen molar-refractivity contribution in [3.8, 4) is 0 Å². The lowest BCUT2D eigenvalue weighted by Gasteiger charge is -2.34. The Labute approximate surface area is 127 Å². The van der Waals surface area contributed by atoms with Crippen molar-refractivity contribution in [2.45, 2.75) is 37.8 Å². The minimum atomic E-state index is -0.445. The summed E-state index contributed by atoms with van der Waals surface area (Å²) in [5.41, 5.74) is 0. The van der Waals surface area contributed by atoms with Gasteiger partial charge in [0.1, 0.15) is 5.82 Å². The maximum atomic E-state index is 13.2. The summed E-state index contributed by atoms with van der Waals surface area (Å²) >= 11 is 1.30. The molecule has 0 saturated heterocycles. The van der Waals surface area contributed by atoms with Gasteiger partial charge in [-0.05, 0) is 36.4 Å². The lowest BCUT2D eigenvalue weighted by molar-refractivity contribution is 0.0271. The molecule has 0 spiro atoms. The molecule has 1 saturated carbocycles. The minimum absolute atomic E-state index is 0.0949. The maximum Gasteiger partial charge on any atom is 0.264 e. The van der Waals surface area contributed by atoms with Crippen molar-refractivity contribution in [2.75, 3.05) is 7.05 Å². The Balaban J connectivity index is 1.85. The zero-order chi connectivity index (χ0) is 15.0. The van der Waals surface area contributed by atoms with Crippen LogP contribution in [0.2, 0.25) is 0 Å². The van der Waals surface area contributed by atoms with E-state index in [-0.39, 0.29) is 17.8 Å². The average molecular weight is 307 g/mol. The standard InChI is InChI=1S/C16H18FNO2S/c1-18(12-4-2-3-5-13(12)19)16(20)15-8-10-6-7-11(17)9-14(10)21-15/h6-9,12-13,19H,2-5H2,1H3. The second kappa shape index (κ2) is 5.73. The van der Waals surface area contributed by atoms with Crippen molar-refractivity contribution in [3.63, 3.8) is 0 Å². The van der Waals surface area contributed by atoms with Gasteiger partial charge < -0.3 is 10.0 Å². The summed E-state index contributed by atoms with van der Waals surface area (Å²) in [6, 6.07) is 6.22. The number of hydrogen-bond donors (Lipinski definition) is 1. The summed E-state index contributed by atoms with van der Waals surface area (Å²) < 4.78 is 14.0. The Hall–Kier alpha value is -1.46. The molecular formula is C16H18FNO2S. The van der Waals surface area contributed by atoms with Gasteiger partial charge in [-0.25, -0.2) is 4.39 Å². The fourth-order valence-electron chi connectivity index (χ4n) is 2.98. The third-order valence-corrected chi connectivity index (χ3v) is 5.29. The molecule has 1 N–H and O–H groups in total. The summed E-state index contributed by atoms with van der Waals surface area (Å²) in [6.45, 7) is 0. The smallest absolute Gasteiger partial charge is 0.264 e. The number of aliphatic hydroxyl groups excluding tert-OH is 1. The first-order chi connectivity index (χ1) is 10.1. The monoisotopic (exact) mass is 307 g/mol. The molecule has 1 amide bonds. The van der Waals surface area contributed by atoms with Gasteiger partial charge in [0.2, 0.25) is 0 Å². The molecule has 21 heavy (non-hydrogen) atoms. The van der Waals surface area contributed by atoms with E-state index in [4.69, 9.17) is 0 Å². The van der Waals surface area contributed by atoms with Crippen molar-refractivity contribution < 1.29 is 14.3 Å². The number of fused-ring (bicyclic) bond motifs is 1. The molecule has 112 valence electrons. The maximum absolute atomic E-state index is 13.2. The normalized spacial score (nSPS) is 22.4. The third-order valence-electron chi connectivity index (χ3n) is 4.20. The molecule has 1 aliphatic carbocycles. The highest BCUT2D eigenvalue weighted by molar-refractivity contribution is 7.20. The van der Waals surface area contributed by atoms with Crippen molar-refractivity contribution in [1.82, 2.24) is 4.90 Å². The molecular weight excluding hydrogens is 289 g/mol. The molecule has 3 nitrogen and oxygen atoms in total. The summed E-state index contributed by atoms with van der Waals surface area (Å²) in [5.74, 6) is -0.387. The van der Waals surface area contributed by atoms with Crippen LogP contribution in [0, 0.1) is 5.82 Å². The number of carbonyl (C=O) groups is 1. The van der Waals surface area contributed by atoms with Crippen LogP contribution >= 0.6 is 11.3 Å². The van der Waals surface area contributed by atoms with Gasteiger partial charge in [-0.3, -0.25) is 4.79 Å². The first kappa shape index (κ1) is 14.5. The van der Waals surface area contributed by atoms with Crippen molar-refractivity contribution in [1.29, 1.82) is 0 Å². The van der Waals surface area contributed by atoms with Crippen LogP contribution in [0.15, 0.2) is 24.3 Å². The summed E-state index contributed by atoms with van der Waals surface area (Å²) in [7, 11) is 1.74. The van der Waals surface area contributed by atoms with E-state index in [2.05, 4.69) is 0 Å². The Morgan fingerprint density at radius 2 is 2.10 bits per heavy atom. The quantitative estimate of drug-likeness (QED) is 0.923. The Kier molecular flexibility index (Phi) is 3.95. The summed E-state index contributed by atoms with van der Waals surface area (Å²) in [5, 5.41) is 10.9. The van der Waals surface area contributed by atoms with E-state index in [0.717, 1.165) is 35.8 Å². The largest absolute Gasteiger partial charge is 0.391 e. The molecule has 1 fully saturated rings. The van der Waals surface area contributed by atoms with Gasteiger partial charge in [0.05, 0.1) is 17.0 Å². The van der Waals surface area contributed by atoms with Gasteiger partial charge >= 0.3 is 0 Å². The first-order valence-electron chi connectivity index (χ1n) is 7.20. The zero-order valence-electron chi connectivity index (χ0n) is 11.9. The van der Waals surface area contributed by atoms with E-state index >= 15 is 0 Å². The van der Waals surface area contributed by atoms with Gasteiger partial charge in [0.25, 0.3) is 5.91 Å². The Bertz CT molecular complexity index is 669. The van der Waals surface area contributed by atoms with E-state index in [0.29, 0.717) is 4.88 Å². The molecule has 5 heteroatoms. The number of hydrogen-bond acceptors (Lipinski definition) is 3. The highest BCUT2D eigenvalue weighted by atomic mass is 32.1. The average Bonchev–Trinajstić information content (AvgIpc) is 2.89. The van der Waals surface area contributed by atoms with E-state index in [9.17, 15) is 14.3 Å². The van der Waals surface area contributed by atoms with Crippen LogP contribution < -0.4 is 0 Å². The second-order valence-corrected chi connectivity index (χ2v) is 6.71. The molecule has 2 atom stereocenters. The predicted molar refractivity (Wildman–Crippen MR) is 82.1 cm³/mol. The van der Waals surface area contributed by atoms with Gasteiger partial charge in [0, 0.05) is 11.7 Å². The second-order valence-electron chi connectivity index (χ2n) is 5.63. The van der Waals surface area contributed by atoms with Crippen LogP contribution in [0.3, 0.4) is 0 Å². The lowest BCUT2D eigenvalue weighted by Crippen LogP contribution is -2.46. The van der Waals surface area contributed by atoms with E-state index in [1.165, 1.54) is 23.5 Å². The number of carbonyl (C=O) groups excluding carboxylic acids is 1. The summed E-state index contributed by atoms with van der Waals surface area (Å²) in [4.78, 5) is 14.8. The third kappa shape index (κ3) is 2.80. The van der Waals surface area contributed by atoms with Crippen LogP contribution in [-0.4, -0.2) is 35.1 Å². The van der Waals surface area contributed by atoms with Gasteiger partial charge in [-0.15, -0.1) is 11.3 Å². The summed E-state index contributed by atoms with van der Waals surface area (Å²) in [6.07, 6.45) is 3.20. The highest BCUT2D eigenvalue weighted by Crippen LogP contribution is 2.29. The van der Waals surface area contributed by atoms with E-state index in [1.54, 1.807) is 24.1 Å². The number of aliphatic hydroxyl groups is 1. The van der Waals surface area contributed by atoms with Crippen LogP contribution in [0.5, 0.6) is 0 Å². The molecule has 1 aliphatic rings. The predicted octanol–water partition coefficient (Wildman–Crippen LogP) is 3.42. The highest BCUT2D eigenvalue weighted by Gasteiger charge is 2.30. The number of thiophene rings is 1. The Morgan fingerprint density at radius 1 is 1.33 bits per heavy atom. The molecule has 2 aromatic rings. The number of likely N-dealkylation sites (N-methyl/N-ethyl adjacent to an activating group) is 1. The lowest BCUT2D eigenvalue weighted by atomic mass is 9.91. The van der Waals surface area contributed by atoms with Crippen molar-refractivity contribution in [3.05, 3.63) is 35.0 Å². The van der Waals surface area contributed by atoms with Crippen LogP contribution in [-0.2, 0) is 0 Å². The molecule has 1 aromatic carbocycles. The number of rotatable bonds is 2. The van der Waals surface area contributed by atoms with Crippen molar-refractivity contribution in [2.24, 2.45) is 0 Å². The van der Waals surface area contributed by atoms with Crippen molar-refractivity contribution >= 4 is 27.3 Å². The zero-order valence-corrected chi connectivity index (χ0v) is 12.7. The number of halogens is 1. The first-order valence-corrected chi connectivity index (χ1v) is 8.02. The topological polar surface area (TPSA) is 40.5 Å². The molecule has 0 radical (unpaired) electrons. The number of nitrogens with zero attached hydrogens (tertiary/aromatic N) is 1. The molecule has 1 heterocycles. The SMILES string of the molecule is CN(C(=O)c1cc2ccc(F)cc2s1)C1CCCCC1O. The van der Waals surface area contributed by atoms with Crippen LogP contribution in [0.4, 0.5) is 4.39 Å². The van der Waals surface area contributed by atoms with Gasteiger partial charge in [-0.1, -0.05) is 18.9 Å². The number of benzene rings is 1. The van der Waals surface area contributed by atoms with Gasteiger partial charge in [0.15, 0.2) is 0 Å². The fraction of sp³-hybridized carbons (Fsp3) is 0.438. The Morgan fingerprint density at radius 3 is 2.86 bits per heavy atom. The fourth-order valence-corrected chi connectivity index (χ4v) is 4.05. The van der Waals surface area contributed by atoms with Crippen LogP contribution in [0.25, 0.3) is 10.1 Å². The molecule has 3 rings (SSSR count). The van der Waals surface area contributed by atoms with E-state index in [1.807, 2.05) is 0 Å². The minimum Gasteiger partial charge on any atom is -0.391 e. The van der Waals surface area contributed by atoms with Crippen LogP contribution in [0.1, 0.15) is 35.4 Å². The molecule has 2 unspecified atom stereocenters.